The summed E-state index contributed by atoms with van der Waals surface area (Å²) in [4.78, 5) is 0. The molecule has 2 nitrogen and oxygen atoms in total. The molecule has 2 aliphatic heterocycles. The minimum atomic E-state index is 0.511. The molecule has 2 aliphatic rings. The quantitative estimate of drug-likeness (QED) is 0.880. The third-order valence-electron chi connectivity index (χ3n) is 4.58. The summed E-state index contributed by atoms with van der Waals surface area (Å²) in [6, 6.07) is 9.43. The smallest absolute Gasteiger partial charge is 0.0623 e. The first-order chi connectivity index (χ1) is 8.76. The summed E-state index contributed by atoms with van der Waals surface area (Å²) in [6.07, 6.45) is 5.98. The van der Waals surface area contributed by atoms with Gasteiger partial charge in [0, 0.05) is 12.0 Å². The van der Waals surface area contributed by atoms with Crippen LogP contribution < -0.4 is 5.32 Å². The number of nitrogens with one attached hydrogen (secondary N) is 1. The number of likely N-dealkylation sites (N-methyl/N-ethyl adjacent to an activating group) is 1. The summed E-state index contributed by atoms with van der Waals surface area (Å²) in [5.41, 5.74) is 2.80. The summed E-state index contributed by atoms with van der Waals surface area (Å²) >= 11 is 0. The fourth-order valence-corrected chi connectivity index (χ4v) is 3.66. The highest BCUT2D eigenvalue weighted by molar-refractivity contribution is 5.23. The van der Waals surface area contributed by atoms with Gasteiger partial charge in [0.05, 0.1) is 12.2 Å². The van der Waals surface area contributed by atoms with E-state index in [9.17, 15) is 0 Å². The first-order valence-corrected chi connectivity index (χ1v) is 7.14. The predicted molar refractivity (Wildman–Crippen MR) is 73.7 cm³/mol. The number of benzene rings is 1. The molecule has 1 aromatic rings. The predicted octanol–water partition coefficient (Wildman–Crippen LogP) is 2.69. The molecule has 0 amide bonds. The van der Waals surface area contributed by atoms with Crippen molar-refractivity contribution in [2.24, 2.45) is 5.92 Å². The molecule has 0 aromatic heterocycles. The van der Waals surface area contributed by atoms with Crippen molar-refractivity contribution in [1.29, 1.82) is 0 Å². The van der Waals surface area contributed by atoms with Crippen molar-refractivity contribution in [2.75, 3.05) is 7.05 Å². The van der Waals surface area contributed by atoms with E-state index in [4.69, 9.17) is 4.74 Å². The largest absolute Gasteiger partial charge is 0.375 e. The number of hydrogen-bond acceptors (Lipinski definition) is 2. The molecule has 3 rings (SSSR count). The maximum absolute atomic E-state index is 5.99. The summed E-state index contributed by atoms with van der Waals surface area (Å²) in [5, 5.41) is 3.52. The third kappa shape index (κ3) is 2.32. The van der Waals surface area contributed by atoms with Gasteiger partial charge in [0.2, 0.25) is 0 Å². The third-order valence-corrected chi connectivity index (χ3v) is 4.58. The van der Waals surface area contributed by atoms with Crippen molar-refractivity contribution < 1.29 is 4.74 Å². The van der Waals surface area contributed by atoms with Crippen LogP contribution in [0, 0.1) is 12.8 Å². The van der Waals surface area contributed by atoms with Crippen molar-refractivity contribution in [3.8, 4) is 0 Å². The Morgan fingerprint density at radius 2 is 2.28 bits per heavy atom. The fraction of sp³-hybridized carbons (Fsp3) is 0.625. The molecule has 4 unspecified atom stereocenters. The van der Waals surface area contributed by atoms with E-state index in [1.165, 1.54) is 30.4 Å². The minimum Gasteiger partial charge on any atom is -0.375 e. The van der Waals surface area contributed by atoms with Crippen molar-refractivity contribution in [3.63, 3.8) is 0 Å². The van der Waals surface area contributed by atoms with E-state index in [1.807, 2.05) is 0 Å². The molecular weight excluding hydrogens is 222 g/mol. The van der Waals surface area contributed by atoms with E-state index in [1.54, 1.807) is 0 Å². The lowest BCUT2D eigenvalue weighted by atomic mass is 9.81. The van der Waals surface area contributed by atoms with Crippen LogP contribution in [0.4, 0.5) is 0 Å². The van der Waals surface area contributed by atoms with Crippen LogP contribution in [0.2, 0.25) is 0 Å². The van der Waals surface area contributed by atoms with Crippen molar-refractivity contribution in [3.05, 3.63) is 35.4 Å². The lowest BCUT2D eigenvalue weighted by Crippen LogP contribution is -2.40. The zero-order valence-electron chi connectivity index (χ0n) is 11.4. The van der Waals surface area contributed by atoms with E-state index < -0.39 is 0 Å². The Bertz CT molecular complexity index is 417. The van der Waals surface area contributed by atoms with E-state index in [0.29, 0.717) is 24.2 Å². The summed E-state index contributed by atoms with van der Waals surface area (Å²) < 4.78 is 5.99. The molecule has 4 atom stereocenters. The first kappa shape index (κ1) is 12.2. The molecule has 1 N–H and O–H groups in total. The van der Waals surface area contributed by atoms with Crippen LogP contribution in [0.5, 0.6) is 0 Å². The van der Waals surface area contributed by atoms with Gasteiger partial charge in [-0.25, -0.2) is 0 Å². The van der Waals surface area contributed by atoms with Gasteiger partial charge in [-0.15, -0.1) is 0 Å². The maximum atomic E-state index is 5.99. The Morgan fingerprint density at radius 3 is 2.89 bits per heavy atom. The SMILES string of the molecule is CNC(Cc1cccc(C)c1)C1CC2CCC1O2. The number of hydrogen-bond donors (Lipinski definition) is 1. The average Bonchev–Trinajstić information content (AvgIpc) is 2.98. The summed E-state index contributed by atoms with van der Waals surface area (Å²) in [5.74, 6) is 0.703. The van der Waals surface area contributed by atoms with Crippen LogP contribution in [-0.4, -0.2) is 25.3 Å². The Kier molecular flexibility index (Phi) is 3.40. The zero-order chi connectivity index (χ0) is 12.5. The molecule has 2 fully saturated rings. The van der Waals surface area contributed by atoms with Gasteiger partial charge in [-0.2, -0.15) is 0 Å². The topological polar surface area (TPSA) is 21.3 Å². The van der Waals surface area contributed by atoms with Crippen molar-refractivity contribution in [2.45, 2.75) is 50.9 Å². The van der Waals surface area contributed by atoms with Crippen LogP contribution in [0.15, 0.2) is 24.3 Å². The van der Waals surface area contributed by atoms with Gasteiger partial charge in [0.15, 0.2) is 0 Å². The summed E-state index contributed by atoms with van der Waals surface area (Å²) in [6.45, 7) is 2.17. The molecule has 2 bridgehead atoms. The second kappa shape index (κ2) is 5.02. The van der Waals surface area contributed by atoms with Gasteiger partial charge < -0.3 is 10.1 Å². The Morgan fingerprint density at radius 1 is 1.39 bits per heavy atom. The highest BCUT2D eigenvalue weighted by Gasteiger charge is 2.43. The lowest BCUT2D eigenvalue weighted by Gasteiger charge is -2.28. The van der Waals surface area contributed by atoms with Crippen molar-refractivity contribution in [1.82, 2.24) is 5.32 Å². The van der Waals surface area contributed by atoms with Gasteiger partial charge in [-0.3, -0.25) is 0 Å². The van der Waals surface area contributed by atoms with E-state index in [2.05, 4.69) is 43.6 Å². The van der Waals surface area contributed by atoms with Crippen LogP contribution in [0.3, 0.4) is 0 Å². The minimum absolute atomic E-state index is 0.511. The maximum Gasteiger partial charge on any atom is 0.0623 e. The second-order valence-corrected chi connectivity index (χ2v) is 5.86. The van der Waals surface area contributed by atoms with Gasteiger partial charge in [-0.05, 0) is 45.2 Å². The molecule has 0 saturated carbocycles. The van der Waals surface area contributed by atoms with Crippen LogP contribution in [-0.2, 0) is 11.2 Å². The van der Waals surface area contributed by atoms with Crippen LogP contribution >= 0.6 is 0 Å². The molecule has 2 heteroatoms. The summed E-state index contributed by atoms with van der Waals surface area (Å²) in [7, 11) is 2.09. The molecule has 0 aliphatic carbocycles. The van der Waals surface area contributed by atoms with Gasteiger partial charge in [0.1, 0.15) is 0 Å². The van der Waals surface area contributed by atoms with E-state index in [-0.39, 0.29) is 0 Å². The number of ether oxygens (including phenoxy) is 1. The van der Waals surface area contributed by atoms with E-state index in [0.717, 1.165) is 6.42 Å². The highest BCUT2D eigenvalue weighted by Crippen LogP contribution is 2.40. The number of aryl methyl sites for hydroxylation is 1. The fourth-order valence-electron chi connectivity index (χ4n) is 3.66. The monoisotopic (exact) mass is 245 g/mol. The average molecular weight is 245 g/mol. The number of fused-ring (bicyclic) bond motifs is 2. The number of rotatable bonds is 4. The Hall–Kier alpha value is -0.860. The molecular formula is C16H23NO. The Labute approximate surface area is 110 Å². The molecule has 1 aromatic carbocycles. The van der Waals surface area contributed by atoms with Gasteiger partial charge in [0.25, 0.3) is 0 Å². The lowest BCUT2D eigenvalue weighted by molar-refractivity contribution is 0.0863. The molecule has 2 heterocycles. The van der Waals surface area contributed by atoms with Gasteiger partial charge >= 0.3 is 0 Å². The van der Waals surface area contributed by atoms with Crippen LogP contribution in [0.1, 0.15) is 30.4 Å². The zero-order valence-corrected chi connectivity index (χ0v) is 11.4. The highest BCUT2D eigenvalue weighted by atomic mass is 16.5. The normalized spacial score (nSPS) is 31.8. The van der Waals surface area contributed by atoms with E-state index >= 15 is 0 Å². The molecule has 2 saturated heterocycles. The molecule has 98 valence electrons. The standard InChI is InChI=1S/C16H23NO/c1-11-4-3-5-12(8-11)9-15(17-2)14-10-13-6-7-16(14)18-13/h3-5,8,13-17H,6-7,9-10H2,1-2H3. The van der Waals surface area contributed by atoms with Crippen molar-refractivity contribution >= 4 is 0 Å². The molecule has 0 spiro atoms. The first-order valence-electron chi connectivity index (χ1n) is 7.14. The Balaban J connectivity index is 1.69. The van der Waals surface area contributed by atoms with Gasteiger partial charge in [-0.1, -0.05) is 29.8 Å². The van der Waals surface area contributed by atoms with Crippen LogP contribution in [0.25, 0.3) is 0 Å². The molecule has 0 radical (unpaired) electrons. The second-order valence-electron chi connectivity index (χ2n) is 5.86. The molecule has 18 heavy (non-hydrogen) atoms.